The number of thioether (sulfide) groups is 1. The summed E-state index contributed by atoms with van der Waals surface area (Å²) < 4.78 is 88.5. The molecule has 4 nitrogen and oxygen atoms in total. The fourth-order valence-corrected chi connectivity index (χ4v) is 3.59. The maximum Gasteiger partial charge on any atom is 0.475 e. The molecule has 0 saturated heterocycles. The lowest BCUT2D eigenvalue weighted by Gasteiger charge is -2.27. The monoisotopic (exact) mass is 418 g/mol. The van der Waals surface area contributed by atoms with E-state index < -0.39 is 44.2 Å². The Morgan fingerprint density at radius 1 is 1.27 bits per heavy atom. The Morgan fingerprint density at radius 2 is 1.92 bits per heavy atom. The number of H-pyrrole nitrogens is 1. The normalized spacial score (nSPS) is 17.0. The number of halogens is 6. The van der Waals surface area contributed by atoms with Gasteiger partial charge in [-0.15, -0.1) is 11.8 Å². The number of hydrogen-bond donors (Lipinski definition) is 1. The van der Waals surface area contributed by atoms with Crippen LogP contribution in [0.1, 0.15) is 6.92 Å². The number of anilines is 1. The zero-order chi connectivity index (χ0) is 19.7. The predicted molar refractivity (Wildman–Crippen MR) is 87.2 cm³/mol. The molecule has 1 aromatic heterocycles. The lowest BCUT2D eigenvalue weighted by molar-refractivity contribution is -0.0886. The minimum Gasteiger partial charge on any atom is -0.338 e. The van der Waals surface area contributed by atoms with Crippen molar-refractivity contribution in [3.8, 4) is 0 Å². The van der Waals surface area contributed by atoms with E-state index in [2.05, 4.69) is 0 Å². The molecule has 0 amide bonds. The van der Waals surface area contributed by atoms with Crippen LogP contribution in [-0.4, -0.2) is 33.2 Å². The average molecular weight is 418 g/mol. The highest BCUT2D eigenvalue weighted by Crippen LogP contribution is 2.35. The molecule has 0 saturated carbocycles. The molecule has 0 bridgehead atoms. The first kappa shape index (κ1) is 20.6. The van der Waals surface area contributed by atoms with E-state index in [-0.39, 0.29) is 6.54 Å². The summed E-state index contributed by atoms with van der Waals surface area (Å²) >= 11 is 1.12. The van der Waals surface area contributed by atoms with Crippen molar-refractivity contribution in [1.82, 2.24) is 4.98 Å². The Morgan fingerprint density at radius 3 is 2.46 bits per heavy atom. The Balaban J connectivity index is 2.50. The first-order chi connectivity index (χ1) is 11.9. The second-order valence-electron chi connectivity index (χ2n) is 5.02. The van der Waals surface area contributed by atoms with E-state index in [1.54, 1.807) is 6.92 Å². The van der Waals surface area contributed by atoms with Gasteiger partial charge in [0.1, 0.15) is 5.69 Å². The highest BCUT2D eigenvalue weighted by atomic mass is 32.2. The summed E-state index contributed by atoms with van der Waals surface area (Å²) in [5.74, 6) is 0.472. The third-order valence-corrected chi connectivity index (χ3v) is 5.18. The van der Waals surface area contributed by atoms with Crippen LogP contribution in [0.25, 0.3) is 0 Å². The summed E-state index contributed by atoms with van der Waals surface area (Å²) in [7, 11) is -3.42. The van der Waals surface area contributed by atoms with Crippen molar-refractivity contribution in [3.05, 3.63) is 45.4 Å². The molecule has 0 radical (unpaired) electrons. The standard InChI is InChI=1S/C14H12F6N2O2S2/c1-2-25-9-3-8(13(15,16)17)6-22(7-9)11-4-10(5-21-12(11)23)26(24)14(18,19)20/h3-6H,2,7H2,1H3,(H,21,23). The molecule has 1 aromatic rings. The Bertz CT molecular complexity index is 826. The van der Waals surface area contributed by atoms with E-state index >= 15 is 0 Å². The van der Waals surface area contributed by atoms with Crippen LogP contribution >= 0.6 is 11.8 Å². The summed E-state index contributed by atoms with van der Waals surface area (Å²) in [4.78, 5) is 14.4. The summed E-state index contributed by atoms with van der Waals surface area (Å²) in [6.07, 6.45) is -2.50. The van der Waals surface area contributed by atoms with Gasteiger partial charge in [0, 0.05) is 17.3 Å². The van der Waals surface area contributed by atoms with Crippen LogP contribution in [0.4, 0.5) is 32.0 Å². The highest BCUT2D eigenvalue weighted by Gasteiger charge is 2.39. The van der Waals surface area contributed by atoms with Crippen molar-refractivity contribution in [2.45, 2.75) is 23.5 Å². The molecule has 1 aliphatic rings. The smallest absolute Gasteiger partial charge is 0.338 e. The van der Waals surface area contributed by atoms with Gasteiger partial charge in [0.05, 0.1) is 17.0 Å². The van der Waals surface area contributed by atoms with Crippen LogP contribution < -0.4 is 10.5 Å². The summed E-state index contributed by atoms with van der Waals surface area (Å²) in [6, 6.07) is 0.687. The molecule has 1 N–H and O–H groups in total. The fraction of sp³-hybridized carbons (Fsp3) is 0.357. The van der Waals surface area contributed by atoms with Crippen LogP contribution in [0.5, 0.6) is 0 Å². The molecule has 1 aliphatic heterocycles. The quantitative estimate of drug-likeness (QED) is 0.754. The SMILES string of the molecule is CCSC1=CC(C(F)(F)F)=CN(c2cc(S(=O)C(F)(F)F)c[nH]c2=O)C1. The molecule has 2 rings (SSSR count). The lowest BCUT2D eigenvalue weighted by Crippen LogP contribution is -2.31. The van der Waals surface area contributed by atoms with Gasteiger partial charge in [-0.25, -0.2) is 4.21 Å². The average Bonchev–Trinajstić information content (AvgIpc) is 2.53. The number of allylic oxidation sites excluding steroid dienone is 2. The molecule has 1 unspecified atom stereocenters. The van der Waals surface area contributed by atoms with E-state index in [9.17, 15) is 35.3 Å². The number of aromatic amines is 1. The molecule has 0 spiro atoms. The van der Waals surface area contributed by atoms with Crippen LogP contribution in [0, 0.1) is 0 Å². The number of alkyl halides is 6. The Labute approximate surface area is 150 Å². The van der Waals surface area contributed by atoms with Crippen molar-refractivity contribution in [2.75, 3.05) is 17.2 Å². The minimum absolute atomic E-state index is 0.122. The second-order valence-corrected chi connectivity index (χ2v) is 7.88. The molecule has 144 valence electrons. The number of hydrogen-bond acceptors (Lipinski definition) is 4. The lowest BCUT2D eigenvalue weighted by atomic mass is 10.2. The molecule has 0 aromatic carbocycles. The van der Waals surface area contributed by atoms with Gasteiger partial charge in [-0.05, 0) is 17.9 Å². The highest BCUT2D eigenvalue weighted by molar-refractivity contribution is 8.03. The van der Waals surface area contributed by atoms with Gasteiger partial charge in [0.15, 0.2) is 10.8 Å². The maximum atomic E-state index is 13.1. The van der Waals surface area contributed by atoms with E-state index in [0.717, 1.165) is 22.7 Å². The molecule has 0 fully saturated rings. The van der Waals surface area contributed by atoms with Gasteiger partial charge in [0.25, 0.3) is 5.56 Å². The zero-order valence-electron chi connectivity index (χ0n) is 13.1. The van der Waals surface area contributed by atoms with Gasteiger partial charge in [0.2, 0.25) is 0 Å². The van der Waals surface area contributed by atoms with Gasteiger partial charge in [-0.1, -0.05) is 6.92 Å². The minimum atomic E-state index is -5.06. The topological polar surface area (TPSA) is 53.2 Å². The van der Waals surface area contributed by atoms with E-state index in [1.807, 2.05) is 4.98 Å². The van der Waals surface area contributed by atoms with Gasteiger partial charge in [-0.3, -0.25) is 4.79 Å². The summed E-state index contributed by atoms with van der Waals surface area (Å²) in [6.45, 7) is 1.60. The third kappa shape index (κ3) is 4.72. The Kier molecular flexibility index (Phi) is 5.95. The fourth-order valence-electron chi connectivity index (χ4n) is 2.13. The van der Waals surface area contributed by atoms with Crippen molar-refractivity contribution >= 4 is 28.2 Å². The molecule has 1 atom stereocenters. The number of nitrogens with one attached hydrogen (secondary N) is 1. The molecular weight excluding hydrogens is 406 g/mol. The number of rotatable bonds is 4. The van der Waals surface area contributed by atoms with E-state index in [0.29, 0.717) is 29.1 Å². The predicted octanol–water partition coefficient (Wildman–Crippen LogP) is 3.91. The molecule has 2 heterocycles. The van der Waals surface area contributed by atoms with Gasteiger partial charge >= 0.3 is 11.7 Å². The maximum absolute atomic E-state index is 13.1. The first-order valence-electron chi connectivity index (χ1n) is 7.04. The largest absolute Gasteiger partial charge is 0.475 e. The summed E-state index contributed by atoms with van der Waals surface area (Å²) in [5.41, 5.74) is -7.45. The summed E-state index contributed by atoms with van der Waals surface area (Å²) in [5, 5.41) is 0. The van der Waals surface area contributed by atoms with Gasteiger partial charge in [-0.2, -0.15) is 26.3 Å². The van der Waals surface area contributed by atoms with Crippen molar-refractivity contribution < 1.29 is 30.6 Å². The van der Waals surface area contributed by atoms with Crippen LogP contribution in [0.3, 0.4) is 0 Å². The number of nitrogens with zero attached hydrogens (tertiary/aromatic N) is 1. The van der Waals surface area contributed by atoms with Crippen molar-refractivity contribution in [1.29, 1.82) is 0 Å². The second kappa shape index (κ2) is 7.51. The van der Waals surface area contributed by atoms with Crippen molar-refractivity contribution in [3.63, 3.8) is 0 Å². The Hall–Kier alpha value is -1.69. The molecule has 0 aliphatic carbocycles. The molecule has 12 heteroatoms. The molecule has 26 heavy (non-hydrogen) atoms. The van der Waals surface area contributed by atoms with Crippen LogP contribution in [0.15, 0.2) is 44.7 Å². The molecular formula is C14H12F6N2O2S2. The van der Waals surface area contributed by atoms with Crippen molar-refractivity contribution in [2.24, 2.45) is 0 Å². The number of pyridine rings is 1. The first-order valence-corrected chi connectivity index (χ1v) is 9.17. The number of aromatic nitrogens is 1. The van der Waals surface area contributed by atoms with E-state index in [4.69, 9.17) is 0 Å². The van der Waals surface area contributed by atoms with Crippen LogP contribution in [-0.2, 0) is 10.8 Å². The van der Waals surface area contributed by atoms with Gasteiger partial charge < -0.3 is 9.88 Å². The van der Waals surface area contributed by atoms with Crippen LogP contribution in [0.2, 0.25) is 0 Å². The van der Waals surface area contributed by atoms with E-state index in [1.165, 1.54) is 0 Å². The third-order valence-electron chi connectivity index (χ3n) is 3.19. The zero-order valence-corrected chi connectivity index (χ0v) is 14.7.